The van der Waals surface area contributed by atoms with E-state index in [1.54, 1.807) is 0 Å². The Bertz CT molecular complexity index is 230. The number of piperidine rings is 1. The highest BCUT2D eigenvalue weighted by atomic mass is 16.5. The van der Waals surface area contributed by atoms with Crippen molar-refractivity contribution in [1.29, 1.82) is 0 Å². The average Bonchev–Trinajstić information content (AvgIpc) is 2.59. The summed E-state index contributed by atoms with van der Waals surface area (Å²) in [7, 11) is 0. The maximum Gasteiger partial charge on any atom is 0.0710 e. The number of likely N-dealkylation sites (tertiary alicyclic amines) is 1. The molecule has 2 rings (SSSR count). The van der Waals surface area contributed by atoms with Crippen LogP contribution in [0.3, 0.4) is 0 Å². The summed E-state index contributed by atoms with van der Waals surface area (Å²) in [5.74, 6) is 0. The first-order valence-electron chi connectivity index (χ1n) is 6.63. The normalized spacial score (nSPS) is 35.4. The lowest BCUT2D eigenvalue weighted by molar-refractivity contribution is -0.0411. The van der Waals surface area contributed by atoms with Crippen LogP contribution in [0.1, 0.15) is 46.0 Å². The fraction of sp³-hybridized carbons (Fsp3) is 1.00. The lowest BCUT2D eigenvalue weighted by atomic mass is 10.0. The molecule has 0 bridgehead atoms. The van der Waals surface area contributed by atoms with Gasteiger partial charge in [-0.25, -0.2) is 0 Å². The fourth-order valence-corrected chi connectivity index (χ4v) is 2.97. The van der Waals surface area contributed by atoms with E-state index in [-0.39, 0.29) is 5.60 Å². The van der Waals surface area contributed by atoms with E-state index in [1.807, 2.05) is 0 Å². The van der Waals surface area contributed by atoms with Crippen molar-refractivity contribution >= 4 is 0 Å². The molecular formula is C13H25NO2. The van der Waals surface area contributed by atoms with Gasteiger partial charge >= 0.3 is 0 Å². The van der Waals surface area contributed by atoms with Crippen molar-refractivity contribution in [2.24, 2.45) is 0 Å². The van der Waals surface area contributed by atoms with Gasteiger partial charge in [0.2, 0.25) is 0 Å². The summed E-state index contributed by atoms with van der Waals surface area (Å²) >= 11 is 0. The maximum atomic E-state index is 9.36. The van der Waals surface area contributed by atoms with Crippen LogP contribution in [0, 0.1) is 0 Å². The number of aliphatic hydroxyl groups is 1. The van der Waals surface area contributed by atoms with Crippen molar-refractivity contribution in [2.45, 2.75) is 63.7 Å². The molecule has 1 N–H and O–H groups in total. The van der Waals surface area contributed by atoms with Gasteiger partial charge in [-0.1, -0.05) is 6.42 Å². The minimum Gasteiger partial charge on any atom is -0.395 e. The molecular weight excluding hydrogens is 202 g/mol. The third-order valence-electron chi connectivity index (χ3n) is 3.95. The SMILES string of the molecule is CC1(C)CCC(CN2CCCCC2CO)O1. The third kappa shape index (κ3) is 2.96. The van der Waals surface area contributed by atoms with Crippen molar-refractivity contribution < 1.29 is 9.84 Å². The van der Waals surface area contributed by atoms with Crippen LogP contribution in [0.2, 0.25) is 0 Å². The molecule has 2 heterocycles. The molecule has 2 aliphatic rings. The second-order valence-electron chi connectivity index (χ2n) is 5.87. The zero-order chi connectivity index (χ0) is 11.6. The number of rotatable bonds is 3. The lowest BCUT2D eigenvalue weighted by Crippen LogP contribution is -2.45. The van der Waals surface area contributed by atoms with Gasteiger partial charge in [0, 0.05) is 12.6 Å². The molecule has 0 amide bonds. The molecule has 3 nitrogen and oxygen atoms in total. The van der Waals surface area contributed by atoms with Gasteiger partial charge in [-0.2, -0.15) is 0 Å². The fourth-order valence-electron chi connectivity index (χ4n) is 2.97. The van der Waals surface area contributed by atoms with Gasteiger partial charge in [-0.3, -0.25) is 4.90 Å². The van der Waals surface area contributed by atoms with E-state index in [2.05, 4.69) is 18.7 Å². The van der Waals surface area contributed by atoms with Crippen LogP contribution >= 0.6 is 0 Å². The minimum absolute atomic E-state index is 0.0646. The second kappa shape index (κ2) is 5.03. The summed E-state index contributed by atoms with van der Waals surface area (Å²) in [5, 5.41) is 9.36. The van der Waals surface area contributed by atoms with Crippen molar-refractivity contribution in [3.8, 4) is 0 Å². The summed E-state index contributed by atoms with van der Waals surface area (Å²) < 4.78 is 6.02. The Kier molecular flexibility index (Phi) is 3.88. The standard InChI is InChI=1S/C13H25NO2/c1-13(2)7-6-12(16-13)9-14-8-4-3-5-11(14)10-15/h11-12,15H,3-10H2,1-2H3. The van der Waals surface area contributed by atoms with Crippen LogP contribution < -0.4 is 0 Å². The molecule has 16 heavy (non-hydrogen) atoms. The molecule has 0 aromatic rings. The van der Waals surface area contributed by atoms with Gasteiger partial charge in [0.1, 0.15) is 0 Å². The van der Waals surface area contributed by atoms with E-state index in [1.165, 1.54) is 19.3 Å². The Hall–Kier alpha value is -0.120. The topological polar surface area (TPSA) is 32.7 Å². The van der Waals surface area contributed by atoms with Crippen molar-refractivity contribution in [3.63, 3.8) is 0 Å². The Morgan fingerprint density at radius 2 is 2.12 bits per heavy atom. The first kappa shape index (κ1) is 12.3. The monoisotopic (exact) mass is 227 g/mol. The van der Waals surface area contributed by atoms with Crippen LogP contribution in [-0.4, -0.2) is 47.4 Å². The van der Waals surface area contributed by atoms with Gasteiger partial charge in [0.15, 0.2) is 0 Å². The lowest BCUT2D eigenvalue weighted by Gasteiger charge is -2.36. The smallest absolute Gasteiger partial charge is 0.0710 e. The predicted molar refractivity (Wildman–Crippen MR) is 64.5 cm³/mol. The molecule has 0 saturated carbocycles. The van der Waals surface area contributed by atoms with Gasteiger partial charge in [-0.15, -0.1) is 0 Å². The van der Waals surface area contributed by atoms with E-state index in [0.717, 1.165) is 25.9 Å². The summed E-state index contributed by atoms with van der Waals surface area (Å²) in [6.07, 6.45) is 6.39. The highest BCUT2D eigenvalue weighted by Gasteiger charge is 2.34. The third-order valence-corrected chi connectivity index (χ3v) is 3.95. The first-order chi connectivity index (χ1) is 7.61. The first-order valence-corrected chi connectivity index (χ1v) is 6.63. The average molecular weight is 227 g/mol. The van der Waals surface area contributed by atoms with Crippen LogP contribution in [0.5, 0.6) is 0 Å². The second-order valence-corrected chi connectivity index (χ2v) is 5.87. The summed E-state index contributed by atoms with van der Waals surface area (Å²) in [4.78, 5) is 2.43. The minimum atomic E-state index is 0.0646. The number of nitrogens with zero attached hydrogens (tertiary/aromatic N) is 1. The van der Waals surface area contributed by atoms with Crippen molar-refractivity contribution in [3.05, 3.63) is 0 Å². The Morgan fingerprint density at radius 3 is 2.75 bits per heavy atom. The molecule has 2 atom stereocenters. The van der Waals surface area contributed by atoms with Gasteiger partial charge < -0.3 is 9.84 Å². The van der Waals surface area contributed by atoms with Gasteiger partial charge in [-0.05, 0) is 46.1 Å². The molecule has 0 spiro atoms. The Morgan fingerprint density at radius 1 is 1.31 bits per heavy atom. The zero-order valence-corrected chi connectivity index (χ0v) is 10.6. The quantitative estimate of drug-likeness (QED) is 0.798. The number of hydrogen-bond acceptors (Lipinski definition) is 3. The molecule has 94 valence electrons. The Balaban J connectivity index is 1.84. The molecule has 0 aromatic heterocycles. The summed E-state index contributed by atoms with van der Waals surface area (Å²) in [6, 6.07) is 0.376. The van der Waals surface area contributed by atoms with E-state index in [0.29, 0.717) is 18.8 Å². The van der Waals surface area contributed by atoms with E-state index in [4.69, 9.17) is 4.74 Å². The number of aliphatic hydroxyl groups excluding tert-OH is 1. The summed E-state index contributed by atoms with van der Waals surface area (Å²) in [6.45, 7) is 6.79. The largest absolute Gasteiger partial charge is 0.395 e. The van der Waals surface area contributed by atoms with Crippen LogP contribution in [0.4, 0.5) is 0 Å². The van der Waals surface area contributed by atoms with Gasteiger partial charge in [0.25, 0.3) is 0 Å². The van der Waals surface area contributed by atoms with Crippen LogP contribution in [-0.2, 0) is 4.74 Å². The molecule has 2 unspecified atom stereocenters. The molecule has 0 radical (unpaired) electrons. The van der Waals surface area contributed by atoms with E-state index >= 15 is 0 Å². The highest BCUT2D eigenvalue weighted by Crippen LogP contribution is 2.30. The predicted octanol–water partition coefficient (Wildman–Crippen LogP) is 1.79. The Labute approximate surface area is 98.8 Å². The van der Waals surface area contributed by atoms with E-state index in [9.17, 15) is 5.11 Å². The highest BCUT2D eigenvalue weighted by molar-refractivity contribution is 4.85. The van der Waals surface area contributed by atoms with Crippen molar-refractivity contribution in [2.75, 3.05) is 19.7 Å². The molecule has 0 aliphatic carbocycles. The number of hydrogen-bond donors (Lipinski definition) is 1. The molecule has 2 aliphatic heterocycles. The molecule has 0 aromatic carbocycles. The van der Waals surface area contributed by atoms with Crippen LogP contribution in [0.25, 0.3) is 0 Å². The van der Waals surface area contributed by atoms with Crippen LogP contribution in [0.15, 0.2) is 0 Å². The molecule has 2 saturated heterocycles. The maximum absolute atomic E-state index is 9.36. The number of ether oxygens (including phenoxy) is 1. The van der Waals surface area contributed by atoms with Gasteiger partial charge in [0.05, 0.1) is 18.3 Å². The zero-order valence-electron chi connectivity index (χ0n) is 10.6. The van der Waals surface area contributed by atoms with Crippen molar-refractivity contribution in [1.82, 2.24) is 4.90 Å². The molecule has 2 fully saturated rings. The molecule has 3 heteroatoms. The van der Waals surface area contributed by atoms with E-state index < -0.39 is 0 Å². The summed E-state index contributed by atoms with van der Waals surface area (Å²) in [5.41, 5.74) is 0.0646.